The Morgan fingerprint density at radius 1 is 0.800 bits per heavy atom. The summed E-state index contributed by atoms with van der Waals surface area (Å²) in [5.41, 5.74) is 10.00. The lowest BCUT2D eigenvalue weighted by atomic mass is 9.83. The van der Waals surface area contributed by atoms with E-state index in [-0.39, 0.29) is 5.41 Å². The highest BCUT2D eigenvalue weighted by Crippen LogP contribution is 2.38. The minimum absolute atomic E-state index is 0.104. The maximum Gasteiger partial charge on any atom is 0.227 e. The van der Waals surface area contributed by atoms with Crippen LogP contribution in [-0.2, 0) is 5.41 Å². The highest BCUT2D eigenvalue weighted by atomic mass is 16.3. The zero-order chi connectivity index (χ0) is 24.5. The predicted molar refractivity (Wildman–Crippen MR) is 143 cm³/mol. The minimum Gasteiger partial charge on any atom is -0.454 e. The molecular weight excluding hydrogens is 432 g/mol. The molecule has 4 nitrogen and oxygen atoms in total. The second-order valence-electron chi connectivity index (χ2n) is 10.5. The molecule has 0 aliphatic carbocycles. The van der Waals surface area contributed by atoms with Gasteiger partial charge in [0.1, 0.15) is 11.3 Å². The van der Waals surface area contributed by atoms with Crippen LogP contribution in [0, 0.1) is 20.8 Å². The van der Waals surface area contributed by atoms with Crippen molar-refractivity contribution in [2.45, 2.75) is 47.0 Å². The van der Waals surface area contributed by atoms with E-state index in [9.17, 15) is 0 Å². The van der Waals surface area contributed by atoms with Crippen molar-refractivity contribution < 1.29 is 8.83 Å². The van der Waals surface area contributed by atoms with Crippen LogP contribution in [0.3, 0.4) is 0 Å². The molecule has 0 saturated carbocycles. The topological polar surface area (TPSA) is 52.1 Å². The van der Waals surface area contributed by atoms with E-state index in [0.29, 0.717) is 5.71 Å². The molecule has 0 saturated heterocycles. The number of nitrogens with zero attached hydrogens (tertiary/aromatic N) is 2. The van der Waals surface area contributed by atoms with Crippen LogP contribution in [0.4, 0.5) is 0 Å². The molecule has 35 heavy (non-hydrogen) atoms. The van der Waals surface area contributed by atoms with E-state index in [0.717, 1.165) is 55.6 Å². The zero-order valence-corrected chi connectivity index (χ0v) is 21.0. The second-order valence-corrected chi connectivity index (χ2v) is 10.5. The van der Waals surface area contributed by atoms with Gasteiger partial charge in [-0.15, -0.1) is 0 Å². The fraction of sp³-hybridized carbons (Fsp3) is 0.226. The van der Waals surface area contributed by atoms with Crippen molar-refractivity contribution in [3.63, 3.8) is 0 Å². The van der Waals surface area contributed by atoms with Gasteiger partial charge in [0.25, 0.3) is 0 Å². The molecule has 2 aromatic carbocycles. The molecule has 0 amide bonds. The SMILES string of the molecule is Cc1ccc2c(n1)oc1c(-c3cc4cc(-c5c(C)cc(C(C)(C)C)cc5C)oc4cn3)cccc12. The number of furan rings is 2. The normalized spacial score (nSPS) is 12.3. The van der Waals surface area contributed by atoms with Crippen molar-refractivity contribution >= 4 is 33.0 Å². The van der Waals surface area contributed by atoms with Crippen molar-refractivity contribution in [3.8, 4) is 22.6 Å². The van der Waals surface area contributed by atoms with Gasteiger partial charge < -0.3 is 8.83 Å². The Morgan fingerprint density at radius 3 is 2.31 bits per heavy atom. The third-order valence-corrected chi connectivity index (χ3v) is 6.83. The first-order chi connectivity index (χ1) is 16.7. The summed E-state index contributed by atoms with van der Waals surface area (Å²) in [6, 6.07) is 19.0. The van der Waals surface area contributed by atoms with Crippen LogP contribution in [0.25, 0.3) is 55.6 Å². The first kappa shape index (κ1) is 21.6. The van der Waals surface area contributed by atoms with E-state index in [1.807, 2.05) is 31.3 Å². The van der Waals surface area contributed by atoms with Gasteiger partial charge >= 0.3 is 0 Å². The number of para-hydroxylation sites is 1. The smallest absolute Gasteiger partial charge is 0.227 e. The summed E-state index contributed by atoms with van der Waals surface area (Å²) in [6.45, 7) is 13.0. The second kappa shape index (κ2) is 7.54. The summed E-state index contributed by atoms with van der Waals surface area (Å²) in [7, 11) is 0. The van der Waals surface area contributed by atoms with Crippen molar-refractivity contribution in [1.82, 2.24) is 9.97 Å². The van der Waals surface area contributed by atoms with Crippen LogP contribution in [-0.4, -0.2) is 9.97 Å². The molecule has 0 bridgehead atoms. The summed E-state index contributed by atoms with van der Waals surface area (Å²) in [5.74, 6) is 0.871. The number of fused-ring (bicyclic) bond motifs is 4. The van der Waals surface area contributed by atoms with Gasteiger partial charge in [-0.25, -0.2) is 4.98 Å². The van der Waals surface area contributed by atoms with Crippen molar-refractivity contribution in [3.05, 3.63) is 83.2 Å². The summed E-state index contributed by atoms with van der Waals surface area (Å²) < 4.78 is 12.5. The third kappa shape index (κ3) is 3.52. The average Bonchev–Trinajstić information content (AvgIpc) is 3.37. The van der Waals surface area contributed by atoms with Gasteiger partial charge in [-0.3, -0.25) is 4.98 Å². The highest BCUT2D eigenvalue weighted by Gasteiger charge is 2.20. The maximum atomic E-state index is 6.28. The molecule has 0 unspecified atom stereocenters. The largest absolute Gasteiger partial charge is 0.454 e. The van der Waals surface area contributed by atoms with Crippen molar-refractivity contribution in [2.24, 2.45) is 0 Å². The number of aryl methyl sites for hydroxylation is 3. The highest BCUT2D eigenvalue weighted by molar-refractivity contribution is 6.08. The van der Waals surface area contributed by atoms with Crippen LogP contribution in [0.1, 0.15) is 43.2 Å². The first-order valence-electron chi connectivity index (χ1n) is 12.0. The van der Waals surface area contributed by atoms with Crippen LogP contribution in [0.15, 0.2) is 69.6 Å². The summed E-state index contributed by atoms with van der Waals surface area (Å²) in [5, 5.41) is 3.08. The van der Waals surface area contributed by atoms with Gasteiger partial charge in [0.2, 0.25) is 5.71 Å². The number of rotatable bonds is 2. The first-order valence-corrected chi connectivity index (χ1v) is 12.0. The van der Waals surface area contributed by atoms with Crippen LogP contribution in [0.2, 0.25) is 0 Å². The van der Waals surface area contributed by atoms with Crippen LogP contribution in [0.5, 0.6) is 0 Å². The standard InChI is InChI=1S/C31H28N2O2/c1-17-12-21(31(4,5)6)13-18(2)28(17)26-15-20-14-25(32-16-27(20)34-26)24-9-7-8-22-23-11-10-19(3)33-30(23)35-29(22)24/h7-16H,1-6H3. The van der Waals surface area contributed by atoms with E-state index >= 15 is 0 Å². The van der Waals surface area contributed by atoms with Crippen LogP contribution >= 0.6 is 0 Å². The molecule has 0 N–H and O–H groups in total. The van der Waals surface area contributed by atoms with Crippen LogP contribution < -0.4 is 0 Å². The quantitative estimate of drug-likeness (QED) is 0.259. The lowest BCUT2D eigenvalue weighted by Crippen LogP contribution is -2.12. The predicted octanol–water partition coefficient (Wildman–Crippen LogP) is 8.68. The van der Waals surface area contributed by atoms with E-state index < -0.39 is 0 Å². The molecular formula is C31H28N2O2. The van der Waals surface area contributed by atoms with E-state index in [1.54, 1.807) is 0 Å². The molecule has 0 aliphatic rings. The van der Waals surface area contributed by atoms with Gasteiger partial charge in [-0.2, -0.15) is 0 Å². The maximum absolute atomic E-state index is 6.28. The molecule has 0 atom stereocenters. The van der Waals surface area contributed by atoms with Crippen molar-refractivity contribution in [1.29, 1.82) is 0 Å². The Kier molecular flexibility index (Phi) is 4.65. The van der Waals surface area contributed by atoms with Gasteiger partial charge in [-0.05, 0) is 73.2 Å². The molecule has 4 heterocycles. The molecule has 4 heteroatoms. The Balaban J connectivity index is 1.48. The van der Waals surface area contributed by atoms with Gasteiger partial charge in [0, 0.05) is 33.0 Å². The molecule has 174 valence electrons. The molecule has 0 aliphatic heterocycles. The fourth-order valence-electron chi connectivity index (χ4n) is 4.97. The molecule has 0 spiro atoms. The Labute approximate surface area is 204 Å². The summed E-state index contributed by atoms with van der Waals surface area (Å²) in [4.78, 5) is 9.31. The van der Waals surface area contributed by atoms with Gasteiger partial charge in [-0.1, -0.05) is 45.0 Å². The average molecular weight is 461 g/mol. The summed E-state index contributed by atoms with van der Waals surface area (Å²) >= 11 is 0. The van der Waals surface area contributed by atoms with Gasteiger partial charge in [0.15, 0.2) is 5.58 Å². The number of pyridine rings is 2. The number of hydrogen-bond donors (Lipinski definition) is 0. The monoisotopic (exact) mass is 460 g/mol. The Morgan fingerprint density at radius 2 is 1.57 bits per heavy atom. The number of benzene rings is 2. The molecule has 6 aromatic rings. The number of aromatic nitrogens is 2. The lowest BCUT2D eigenvalue weighted by molar-refractivity contribution is 0.588. The molecule has 4 aromatic heterocycles. The summed E-state index contributed by atoms with van der Waals surface area (Å²) in [6.07, 6.45) is 1.81. The Bertz CT molecular complexity index is 1740. The number of hydrogen-bond acceptors (Lipinski definition) is 4. The van der Waals surface area contributed by atoms with E-state index in [2.05, 4.69) is 76.0 Å². The third-order valence-electron chi connectivity index (χ3n) is 6.83. The molecule has 0 fully saturated rings. The lowest BCUT2D eigenvalue weighted by Gasteiger charge is -2.21. The van der Waals surface area contributed by atoms with E-state index in [4.69, 9.17) is 13.8 Å². The van der Waals surface area contributed by atoms with Crippen molar-refractivity contribution in [2.75, 3.05) is 0 Å². The van der Waals surface area contributed by atoms with E-state index in [1.165, 1.54) is 16.7 Å². The molecule has 6 rings (SSSR count). The fourth-order valence-corrected chi connectivity index (χ4v) is 4.97. The zero-order valence-electron chi connectivity index (χ0n) is 21.0. The Hall–Kier alpha value is -3.92. The minimum atomic E-state index is 0.104. The molecule has 0 radical (unpaired) electrons. The van der Waals surface area contributed by atoms with Gasteiger partial charge in [0.05, 0.1) is 11.9 Å².